The Bertz CT molecular complexity index is 633. The van der Waals surface area contributed by atoms with Gasteiger partial charge in [-0.05, 0) is 42.1 Å². The summed E-state index contributed by atoms with van der Waals surface area (Å²) in [6.45, 7) is 2.41. The summed E-state index contributed by atoms with van der Waals surface area (Å²) in [6.07, 6.45) is 1.61. The summed E-state index contributed by atoms with van der Waals surface area (Å²) in [5, 5.41) is 11.6. The predicted octanol–water partition coefficient (Wildman–Crippen LogP) is 4.43. The maximum absolute atomic E-state index is 11.3. The summed E-state index contributed by atoms with van der Waals surface area (Å²) in [4.78, 5) is 12.0. The zero-order valence-corrected chi connectivity index (χ0v) is 12.4. The molecule has 0 fully saturated rings. The molecule has 0 saturated heterocycles. The van der Waals surface area contributed by atoms with Crippen molar-refractivity contribution in [1.82, 2.24) is 0 Å². The standard InChI is InChI=1S/C15H13ClO3S/c1-2-19-13-6-5-10(9-12(13)16)8-11(15(17)18)14-4-3-7-20-14/h3-9H,2H2,1H3,(H,17,18)/b11-8-. The van der Waals surface area contributed by atoms with E-state index in [1.165, 1.54) is 11.3 Å². The Hall–Kier alpha value is -1.78. The second-order valence-corrected chi connectivity index (χ2v) is 5.32. The molecule has 1 aromatic heterocycles. The minimum atomic E-state index is -0.961. The first-order valence-corrected chi connectivity index (χ1v) is 7.28. The third kappa shape index (κ3) is 3.40. The van der Waals surface area contributed by atoms with Crippen LogP contribution in [0.4, 0.5) is 0 Å². The van der Waals surface area contributed by atoms with Gasteiger partial charge in [0.25, 0.3) is 0 Å². The van der Waals surface area contributed by atoms with Crippen molar-refractivity contribution in [3.8, 4) is 5.75 Å². The van der Waals surface area contributed by atoms with Gasteiger partial charge >= 0.3 is 5.97 Å². The molecule has 0 spiro atoms. The number of carbonyl (C=O) groups is 1. The summed E-state index contributed by atoms with van der Waals surface area (Å²) < 4.78 is 5.35. The van der Waals surface area contributed by atoms with Gasteiger partial charge in [-0.25, -0.2) is 4.79 Å². The average Bonchev–Trinajstić information content (AvgIpc) is 2.92. The quantitative estimate of drug-likeness (QED) is 0.831. The van der Waals surface area contributed by atoms with E-state index in [1.807, 2.05) is 18.4 Å². The van der Waals surface area contributed by atoms with Crippen LogP contribution >= 0.6 is 22.9 Å². The molecule has 5 heteroatoms. The van der Waals surface area contributed by atoms with Crippen molar-refractivity contribution in [2.75, 3.05) is 6.61 Å². The van der Waals surface area contributed by atoms with Crippen LogP contribution in [0.1, 0.15) is 17.4 Å². The Balaban J connectivity index is 2.37. The van der Waals surface area contributed by atoms with Crippen molar-refractivity contribution in [2.24, 2.45) is 0 Å². The lowest BCUT2D eigenvalue weighted by atomic mass is 10.1. The number of halogens is 1. The van der Waals surface area contributed by atoms with E-state index in [-0.39, 0.29) is 5.57 Å². The fourth-order valence-corrected chi connectivity index (χ4v) is 2.69. The van der Waals surface area contributed by atoms with Gasteiger partial charge in [0.1, 0.15) is 5.75 Å². The van der Waals surface area contributed by atoms with Crippen LogP contribution in [0.2, 0.25) is 5.02 Å². The molecule has 1 heterocycles. The molecule has 0 aliphatic heterocycles. The van der Waals surface area contributed by atoms with Crippen LogP contribution in [0.15, 0.2) is 35.7 Å². The molecule has 0 aliphatic carbocycles. The second kappa shape index (κ2) is 6.59. The Morgan fingerprint density at radius 1 is 1.45 bits per heavy atom. The molecule has 20 heavy (non-hydrogen) atoms. The van der Waals surface area contributed by atoms with Crippen LogP contribution < -0.4 is 4.74 Å². The zero-order chi connectivity index (χ0) is 14.5. The first kappa shape index (κ1) is 14.6. The highest BCUT2D eigenvalue weighted by Crippen LogP contribution is 2.28. The molecule has 104 valence electrons. The molecular weight excluding hydrogens is 296 g/mol. The van der Waals surface area contributed by atoms with Crippen molar-refractivity contribution in [3.05, 3.63) is 51.2 Å². The molecule has 0 amide bonds. The lowest BCUT2D eigenvalue weighted by Crippen LogP contribution is -1.98. The molecule has 1 N–H and O–H groups in total. The smallest absolute Gasteiger partial charge is 0.337 e. The summed E-state index contributed by atoms with van der Waals surface area (Å²) in [5.41, 5.74) is 0.976. The van der Waals surface area contributed by atoms with Crippen molar-refractivity contribution in [3.63, 3.8) is 0 Å². The fraction of sp³-hybridized carbons (Fsp3) is 0.133. The third-order valence-electron chi connectivity index (χ3n) is 2.58. The number of hydrogen-bond donors (Lipinski definition) is 1. The Morgan fingerprint density at radius 3 is 2.80 bits per heavy atom. The lowest BCUT2D eigenvalue weighted by molar-refractivity contribution is -0.130. The van der Waals surface area contributed by atoms with Gasteiger partial charge in [0.2, 0.25) is 0 Å². The number of ether oxygens (including phenoxy) is 1. The van der Waals surface area contributed by atoms with Crippen molar-refractivity contribution in [2.45, 2.75) is 6.92 Å². The number of rotatable bonds is 5. The summed E-state index contributed by atoms with van der Waals surface area (Å²) in [5.74, 6) is -0.364. The normalized spacial score (nSPS) is 11.4. The average molecular weight is 309 g/mol. The molecule has 0 bridgehead atoms. The van der Waals surface area contributed by atoms with E-state index in [4.69, 9.17) is 16.3 Å². The number of aliphatic carboxylic acids is 1. The number of hydrogen-bond acceptors (Lipinski definition) is 3. The molecule has 3 nitrogen and oxygen atoms in total. The van der Waals surface area contributed by atoms with E-state index in [0.717, 1.165) is 5.56 Å². The summed E-state index contributed by atoms with van der Waals surface area (Å²) in [7, 11) is 0. The van der Waals surface area contributed by atoms with Crippen LogP contribution in [-0.2, 0) is 4.79 Å². The zero-order valence-electron chi connectivity index (χ0n) is 10.8. The fourth-order valence-electron chi connectivity index (χ4n) is 1.72. The van der Waals surface area contributed by atoms with Crippen molar-refractivity contribution < 1.29 is 14.6 Å². The minimum absolute atomic E-state index is 0.250. The van der Waals surface area contributed by atoms with Gasteiger partial charge in [0.05, 0.1) is 17.2 Å². The van der Waals surface area contributed by atoms with Crippen LogP contribution in [0.3, 0.4) is 0 Å². The summed E-state index contributed by atoms with van der Waals surface area (Å²) in [6, 6.07) is 8.82. The molecule has 0 radical (unpaired) electrons. The number of carboxylic acids is 1. The maximum atomic E-state index is 11.3. The van der Waals surface area contributed by atoms with E-state index in [1.54, 1.807) is 30.3 Å². The first-order valence-electron chi connectivity index (χ1n) is 6.03. The highest BCUT2D eigenvalue weighted by Gasteiger charge is 2.12. The number of carboxylic acid groups (broad SMARTS) is 1. The first-order chi connectivity index (χ1) is 9.61. The SMILES string of the molecule is CCOc1ccc(/C=C(\C(=O)O)c2cccs2)cc1Cl. The van der Waals surface area contributed by atoms with Crippen molar-refractivity contribution >= 4 is 40.6 Å². The molecule has 2 rings (SSSR count). The monoisotopic (exact) mass is 308 g/mol. The number of benzene rings is 1. The van der Waals surface area contributed by atoms with E-state index < -0.39 is 5.97 Å². The van der Waals surface area contributed by atoms with E-state index in [2.05, 4.69) is 0 Å². The molecule has 0 unspecified atom stereocenters. The third-order valence-corrected chi connectivity index (χ3v) is 3.78. The predicted molar refractivity (Wildman–Crippen MR) is 82.4 cm³/mol. The van der Waals surface area contributed by atoms with E-state index in [0.29, 0.717) is 22.3 Å². The van der Waals surface area contributed by atoms with Crippen LogP contribution in [0.5, 0.6) is 5.75 Å². The van der Waals surface area contributed by atoms with Crippen LogP contribution in [-0.4, -0.2) is 17.7 Å². The highest BCUT2D eigenvalue weighted by atomic mass is 35.5. The van der Waals surface area contributed by atoms with Gasteiger partial charge in [-0.2, -0.15) is 0 Å². The van der Waals surface area contributed by atoms with Crippen LogP contribution in [0.25, 0.3) is 11.6 Å². The summed E-state index contributed by atoms with van der Waals surface area (Å²) >= 11 is 7.48. The molecule has 1 aromatic carbocycles. The highest BCUT2D eigenvalue weighted by molar-refractivity contribution is 7.11. The van der Waals surface area contributed by atoms with Gasteiger partial charge in [0, 0.05) is 4.88 Å². The second-order valence-electron chi connectivity index (χ2n) is 3.96. The molecule has 0 atom stereocenters. The van der Waals surface area contributed by atoms with E-state index in [9.17, 15) is 9.90 Å². The molecule has 2 aromatic rings. The topological polar surface area (TPSA) is 46.5 Å². The molecular formula is C15H13ClO3S. The lowest BCUT2D eigenvalue weighted by Gasteiger charge is -2.06. The van der Waals surface area contributed by atoms with Gasteiger partial charge in [-0.15, -0.1) is 11.3 Å². The Morgan fingerprint density at radius 2 is 2.25 bits per heavy atom. The van der Waals surface area contributed by atoms with Crippen molar-refractivity contribution in [1.29, 1.82) is 0 Å². The Kier molecular flexibility index (Phi) is 4.82. The van der Waals surface area contributed by atoms with Gasteiger partial charge in [-0.3, -0.25) is 0 Å². The van der Waals surface area contributed by atoms with Crippen LogP contribution in [0, 0.1) is 0 Å². The van der Waals surface area contributed by atoms with Gasteiger partial charge in [-0.1, -0.05) is 23.7 Å². The van der Waals surface area contributed by atoms with E-state index >= 15 is 0 Å². The van der Waals surface area contributed by atoms with Gasteiger partial charge in [0.15, 0.2) is 0 Å². The Labute approximate surface area is 126 Å². The minimum Gasteiger partial charge on any atom is -0.492 e. The maximum Gasteiger partial charge on any atom is 0.337 e. The number of thiophene rings is 1. The molecule has 0 aliphatic rings. The van der Waals surface area contributed by atoms with Gasteiger partial charge < -0.3 is 9.84 Å². The largest absolute Gasteiger partial charge is 0.492 e. The molecule has 0 saturated carbocycles.